The molecule has 3 aromatic heterocycles. The maximum atomic E-state index is 13.2. The Labute approximate surface area is 188 Å². The number of nitrogens with one attached hydrogen (secondary N) is 1. The Morgan fingerprint density at radius 3 is 2.74 bits per heavy atom. The van der Waals surface area contributed by atoms with Crippen LogP contribution in [0.15, 0.2) is 52.6 Å². The van der Waals surface area contributed by atoms with Crippen molar-refractivity contribution in [1.82, 2.24) is 14.9 Å². The van der Waals surface area contributed by atoms with Gasteiger partial charge in [0, 0.05) is 11.4 Å². The molecular weight excluding hydrogens is 426 g/mol. The number of amides is 1. The molecule has 1 amide bonds. The summed E-state index contributed by atoms with van der Waals surface area (Å²) in [7, 11) is 0. The van der Waals surface area contributed by atoms with Crippen LogP contribution in [-0.4, -0.2) is 27.3 Å². The predicted molar refractivity (Wildman–Crippen MR) is 126 cm³/mol. The van der Waals surface area contributed by atoms with Gasteiger partial charge in [0.25, 0.3) is 11.5 Å². The van der Waals surface area contributed by atoms with Gasteiger partial charge in [0.15, 0.2) is 0 Å². The van der Waals surface area contributed by atoms with Gasteiger partial charge in [0.05, 0.1) is 16.8 Å². The number of nitrogens with zero attached hydrogens (tertiary/aromatic N) is 2. The highest BCUT2D eigenvalue weighted by atomic mass is 32.1. The number of aromatic nitrogens is 2. The molecule has 5 nitrogen and oxygen atoms in total. The SMILES string of the molecule is O=C(c1cccs1)N(CCc1ccccc1)Cc1nc2sc3c(c2c(=O)[nH]1)CCCC3. The molecule has 31 heavy (non-hydrogen) atoms. The highest BCUT2D eigenvalue weighted by Crippen LogP contribution is 2.33. The van der Waals surface area contributed by atoms with Gasteiger partial charge in [-0.1, -0.05) is 36.4 Å². The lowest BCUT2D eigenvalue weighted by Gasteiger charge is -2.21. The zero-order valence-corrected chi connectivity index (χ0v) is 18.7. The molecule has 0 atom stereocenters. The standard InChI is InChI=1S/C24H23N3O2S2/c28-22-21-17-9-4-5-10-18(17)31-23(21)26-20(25-22)15-27(24(29)19-11-6-14-30-19)13-12-16-7-2-1-3-8-16/h1-3,6-8,11,14H,4-5,9-10,12-13,15H2,(H,25,26,28). The van der Waals surface area contributed by atoms with E-state index in [1.165, 1.54) is 33.8 Å². The second-order valence-corrected chi connectivity index (χ2v) is 9.87. The summed E-state index contributed by atoms with van der Waals surface area (Å²) in [5.41, 5.74) is 2.28. The molecule has 1 aromatic carbocycles. The molecule has 0 aliphatic heterocycles. The minimum absolute atomic E-state index is 0.0286. The molecule has 0 radical (unpaired) electrons. The van der Waals surface area contributed by atoms with Gasteiger partial charge in [-0.05, 0) is 54.7 Å². The van der Waals surface area contributed by atoms with Crippen molar-refractivity contribution >= 4 is 38.8 Å². The Kier molecular flexibility index (Phi) is 5.70. The zero-order chi connectivity index (χ0) is 21.2. The van der Waals surface area contributed by atoms with Crippen LogP contribution in [-0.2, 0) is 25.8 Å². The average molecular weight is 450 g/mol. The second kappa shape index (κ2) is 8.77. The van der Waals surface area contributed by atoms with E-state index >= 15 is 0 Å². The third-order valence-corrected chi connectivity index (χ3v) is 7.79. The molecule has 0 bridgehead atoms. The van der Waals surface area contributed by atoms with E-state index in [4.69, 9.17) is 4.98 Å². The van der Waals surface area contributed by atoms with Crippen LogP contribution in [0.5, 0.6) is 0 Å². The maximum Gasteiger partial charge on any atom is 0.264 e. The number of thiophene rings is 2. The number of aromatic amines is 1. The number of carbonyl (C=O) groups excluding carboxylic acids is 1. The van der Waals surface area contributed by atoms with Crippen molar-refractivity contribution in [3.8, 4) is 0 Å². The highest BCUT2D eigenvalue weighted by molar-refractivity contribution is 7.18. The van der Waals surface area contributed by atoms with Crippen molar-refractivity contribution in [3.05, 3.63) is 84.9 Å². The van der Waals surface area contributed by atoms with Crippen LogP contribution in [0, 0.1) is 0 Å². The van der Waals surface area contributed by atoms with Crippen LogP contribution in [0.25, 0.3) is 10.2 Å². The summed E-state index contributed by atoms with van der Waals surface area (Å²) < 4.78 is 0. The smallest absolute Gasteiger partial charge is 0.264 e. The molecule has 1 N–H and O–H groups in total. The zero-order valence-electron chi connectivity index (χ0n) is 17.1. The van der Waals surface area contributed by atoms with Gasteiger partial charge in [0.1, 0.15) is 10.7 Å². The van der Waals surface area contributed by atoms with Crippen molar-refractivity contribution < 1.29 is 4.79 Å². The minimum atomic E-state index is -0.0778. The summed E-state index contributed by atoms with van der Waals surface area (Å²) in [5.74, 6) is 0.521. The average Bonchev–Trinajstić information content (AvgIpc) is 3.45. The first-order chi connectivity index (χ1) is 15.2. The van der Waals surface area contributed by atoms with E-state index in [2.05, 4.69) is 17.1 Å². The third kappa shape index (κ3) is 4.20. The number of hydrogen-bond donors (Lipinski definition) is 1. The molecule has 4 aromatic rings. The molecule has 7 heteroatoms. The van der Waals surface area contributed by atoms with Crippen LogP contribution in [0.1, 0.15) is 44.3 Å². The number of benzene rings is 1. The topological polar surface area (TPSA) is 66.1 Å². The summed E-state index contributed by atoms with van der Waals surface area (Å²) in [6, 6.07) is 13.9. The number of carbonyl (C=O) groups is 1. The Morgan fingerprint density at radius 1 is 1.10 bits per heavy atom. The maximum absolute atomic E-state index is 13.2. The predicted octanol–water partition coefficient (Wildman–Crippen LogP) is 4.81. The van der Waals surface area contributed by atoms with Gasteiger partial charge in [-0.3, -0.25) is 9.59 Å². The molecule has 0 saturated heterocycles. The van der Waals surface area contributed by atoms with Crippen molar-refractivity contribution in [1.29, 1.82) is 0 Å². The van der Waals surface area contributed by atoms with Gasteiger partial charge in [0.2, 0.25) is 0 Å². The van der Waals surface area contributed by atoms with Crippen molar-refractivity contribution in [2.45, 2.75) is 38.6 Å². The Balaban J connectivity index is 1.44. The minimum Gasteiger partial charge on any atom is -0.330 e. The molecular formula is C24H23N3O2S2. The Bertz CT molecular complexity index is 1260. The lowest BCUT2D eigenvalue weighted by atomic mass is 9.97. The molecule has 0 unspecified atom stereocenters. The van der Waals surface area contributed by atoms with Gasteiger partial charge >= 0.3 is 0 Å². The normalized spacial score (nSPS) is 13.3. The van der Waals surface area contributed by atoms with Gasteiger partial charge < -0.3 is 9.88 Å². The summed E-state index contributed by atoms with van der Waals surface area (Å²) in [5, 5.41) is 2.66. The first-order valence-corrected chi connectivity index (χ1v) is 12.3. The van der Waals surface area contributed by atoms with Crippen LogP contribution < -0.4 is 5.56 Å². The van der Waals surface area contributed by atoms with E-state index in [0.29, 0.717) is 17.2 Å². The lowest BCUT2D eigenvalue weighted by molar-refractivity contribution is 0.0745. The van der Waals surface area contributed by atoms with Gasteiger partial charge in [-0.25, -0.2) is 4.98 Å². The fourth-order valence-electron chi connectivity index (χ4n) is 4.18. The number of rotatable bonds is 6. The fourth-order valence-corrected chi connectivity index (χ4v) is 6.15. The van der Waals surface area contributed by atoms with Gasteiger partial charge in [-0.15, -0.1) is 22.7 Å². The van der Waals surface area contributed by atoms with E-state index in [1.54, 1.807) is 16.2 Å². The van der Waals surface area contributed by atoms with Crippen LogP contribution in [0.3, 0.4) is 0 Å². The Morgan fingerprint density at radius 2 is 1.94 bits per heavy atom. The van der Waals surface area contributed by atoms with Crippen LogP contribution in [0.4, 0.5) is 0 Å². The molecule has 0 spiro atoms. The Hall–Kier alpha value is -2.77. The molecule has 0 fully saturated rings. The fraction of sp³-hybridized carbons (Fsp3) is 0.292. The van der Waals surface area contributed by atoms with E-state index in [9.17, 15) is 9.59 Å². The van der Waals surface area contributed by atoms with Crippen molar-refractivity contribution in [2.75, 3.05) is 6.54 Å². The summed E-state index contributed by atoms with van der Waals surface area (Å²) in [6.07, 6.45) is 5.04. The number of aryl methyl sites for hydroxylation is 2. The van der Waals surface area contributed by atoms with Crippen molar-refractivity contribution in [3.63, 3.8) is 0 Å². The van der Waals surface area contributed by atoms with Crippen molar-refractivity contribution in [2.24, 2.45) is 0 Å². The molecule has 0 saturated carbocycles. The van der Waals surface area contributed by atoms with E-state index in [0.717, 1.165) is 35.9 Å². The largest absolute Gasteiger partial charge is 0.330 e. The third-order valence-electron chi connectivity index (χ3n) is 5.75. The highest BCUT2D eigenvalue weighted by Gasteiger charge is 2.22. The quantitative estimate of drug-likeness (QED) is 0.459. The number of fused-ring (bicyclic) bond motifs is 3. The number of hydrogen-bond acceptors (Lipinski definition) is 5. The molecule has 3 heterocycles. The first-order valence-electron chi connectivity index (χ1n) is 10.6. The van der Waals surface area contributed by atoms with E-state index in [-0.39, 0.29) is 18.0 Å². The van der Waals surface area contributed by atoms with E-state index in [1.807, 2.05) is 35.7 Å². The summed E-state index contributed by atoms with van der Waals surface area (Å²) in [4.78, 5) is 38.4. The second-order valence-electron chi connectivity index (χ2n) is 7.84. The molecule has 1 aliphatic rings. The molecule has 1 aliphatic carbocycles. The lowest BCUT2D eigenvalue weighted by Crippen LogP contribution is -2.33. The first kappa shape index (κ1) is 20.2. The van der Waals surface area contributed by atoms with Crippen LogP contribution >= 0.6 is 22.7 Å². The molecule has 158 valence electrons. The monoisotopic (exact) mass is 449 g/mol. The summed E-state index contributed by atoms with van der Waals surface area (Å²) in [6.45, 7) is 0.848. The van der Waals surface area contributed by atoms with Gasteiger partial charge in [-0.2, -0.15) is 0 Å². The molecule has 5 rings (SSSR count). The summed E-state index contributed by atoms with van der Waals surface area (Å²) >= 11 is 3.07. The van der Waals surface area contributed by atoms with E-state index < -0.39 is 0 Å². The number of H-pyrrole nitrogens is 1. The van der Waals surface area contributed by atoms with Crippen LogP contribution in [0.2, 0.25) is 0 Å².